The van der Waals surface area contributed by atoms with E-state index in [1.54, 1.807) is 17.7 Å². The molecule has 0 amide bonds. The van der Waals surface area contributed by atoms with Crippen LogP contribution < -0.4 is 5.73 Å². The van der Waals surface area contributed by atoms with Gasteiger partial charge in [-0.05, 0) is 18.4 Å². The molecule has 0 saturated carbocycles. The second-order valence-electron chi connectivity index (χ2n) is 3.65. The zero-order valence-corrected chi connectivity index (χ0v) is 10.1. The van der Waals surface area contributed by atoms with E-state index in [1.165, 1.54) is 0 Å². The first kappa shape index (κ1) is 10.2. The van der Waals surface area contributed by atoms with Gasteiger partial charge in [0, 0.05) is 12.7 Å². The molecule has 0 fully saturated rings. The normalized spacial score (nSPS) is 11.1. The molecule has 3 aromatic heterocycles. The summed E-state index contributed by atoms with van der Waals surface area (Å²) in [6, 6.07) is 1.94. The molecule has 0 aliphatic heterocycles. The third-order valence-electron chi connectivity index (χ3n) is 2.56. The molecule has 2 N–H and O–H groups in total. The van der Waals surface area contributed by atoms with Gasteiger partial charge in [0.05, 0.1) is 16.5 Å². The third kappa shape index (κ3) is 1.66. The van der Waals surface area contributed by atoms with Gasteiger partial charge in [0.1, 0.15) is 11.4 Å². The average Bonchev–Trinajstić information content (AvgIpc) is 2.95. The van der Waals surface area contributed by atoms with E-state index in [4.69, 9.17) is 5.73 Å². The summed E-state index contributed by atoms with van der Waals surface area (Å²) in [5.74, 6) is 0.289. The summed E-state index contributed by atoms with van der Waals surface area (Å²) in [6.45, 7) is 2.96. The Morgan fingerprint density at radius 2 is 2.29 bits per heavy atom. The molecule has 5 nitrogen and oxygen atoms in total. The molecule has 3 aromatic rings. The van der Waals surface area contributed by atoms with Gasteiger partial charge in [0.25, 0.3) is 0 Å². The number of thiophene rings is 1. The molecule has 0 unspecified atom stereocenters. The van der Waals surface area contributed by atoms with Crippen LogP contribution in [0.2, 0.25) is 0 Å². The van der Waals surface area contributed by atoms with Crippen LogP contribution >= 0.6 is 11.3 Å². The van der Waals surface area contributed by atoms with Crippen LogP contribution in [0.15, 0.2) is 24.0 Å². The van der Waals surface area contributed by atoms with Crippen LogP contribution in [0, 0.1) is 0 Å². The number of hydrogen-bond acceptors (Lipinski definition) is 5. The molecule has 0 aliphatic carbocycles. The summed E-state index contributed by atoms with van der Waals surface area (Å²) in [7, 11) is 0. The maximum atomic E-state index is 5.71. The molecule has 0 aromatic carbocycles. The maximum absolute atomic E-state index is 5.71. The van der Waals surface area contributed by atoms with Crippen LogP contribution in [0.1, 0.15) is 6.92 Å². The van der Waals surface area contributed by atoms with Gasteiger partial charge in [-0.2, -0.15) is 0 Å². The Bertz CT molecular complexity index is 669. The van der Waals surface area contributed by atoms with E-state index < -0.39 is 0 Å². The number of hydrogen-bond donors (Lipinski definition) is 1. The Kier molecular flexibility index (Phi) is 2.29. The molecule has 17 heavy (non-hydrogen) atoms. The summed E-state index contributed by atoms with van der Waals surface area (Å²) in [5, 5.41) is 1.99. The standard InChI is InChI=1S/C11H11N5S/c1-2-16-5-8(13-6-16)9-10-7(3-4-17-10)14-11(12)15-9/h3-6H,2H2,1H3,(H2,12,14,15). The highest BCUT2D eigenvalue weighted by Gasteiger charge is 2.11. The molecular weight excluding hydrogens is 234 g/mol. The summed E-state index contributed by atoms with van der Waals surface area (Å²) in [5.41, 5.74) is 8.24. The van der Waals surface area contributed by atoms with E-state index in [2.05, 4.69) is 21.9 Å². The second kappa shape index (κ2) is 3.81. The quantitative estimate of drug-likeness (QED) is 0.751. The minimum atomic E-state index is 0.289. The van der Waals surface area contributed by atoms with Crippen molar-refractivity contribution in [2.45, 2.75) is 13.5 Å². The highest BCUT2D eigenvalue weighted by Crippen LogP contribution is 2.29. The van der Waals surface area contributed by atoms with E-state index >= 15 is 0 Å². The first-order chi connectivity index (χ1) is 8.28. The Balaban J connectivity index is 2.24. The molecule has 0 saturated heterocycles. The van der Waals surface area contributed by atoms with E-state index in [0.29, 0.717) is 0 Å². The average molecular weight is 245 g/mol. The highest BCUT2D eigenvalue weighted by atomic mass is 32.1. The van der Waals surface area contributed by atoms with Crippen LogP contribution in [-0.2, 0) is 6.54 Å². The number of aromatic nitrogens is 4. The van der Waals surface area contributed by atoms with Gasteiger partial charge >= 0.3 is 0 Å². The van der Waals surface area contributed by atoms with Gasteiger partial charge in [-0.1, -0.05) is 0 Å². The van der Waals surface area contributed by atoms with E-state index in [0.717, 1.165) is 28.1 Å². The third-order valence-corrected chi connectivity index (χ3v) is 3.47. The van der Waals surface area contributed by atoms with Crippen LogP contribution in [0.3, 0.4) is 0 Å². The lowest BCUT2D eigenvalue weighted by molar-refractivity contribution is 0.762. The van der Waals surface area contributed by atoms with Crippen molar-refractivity contribution in [3.8, 4) is 11.4 Å². The van der Waals surface area contributed by atoms with Gasteiger partial charge in [0.2, 0.25) is 5.95 Å². The fourth-order valence-corrected chi connectivity index (χ4v) is 2.54. The second-order valence-corrected chi connectivity index (χ2v) is 4.57. The van der Waals surface area contributed by atoms with Gasteiger partial charge in [-0.25, -0.2) is 15.0 Å². The molecule has 6 heteroatoms. The molecule has 0 aliphatic rings. The molecular formula is C11H11N5S. The van der Waals surface area contributed by atoms with Crippen molar-refractivity contribution in [3.05, 3.63) is 24.0 Å². The molecule has 0 bridgehead atoms. The Morgan fingerprint density at radius 1 is 1.41 bits per heavy atom. The number of imidazole rings is 1. The number of nitrogen functional groups attached to an aromatic ring is 1. The van der Waals surface area contributed by atoms with Crippen molar-refractivity contribution in [1.29, 1.82) is 0 Å². The number of nitrogens with two attached hydrogens (primary N) is 1. The van der Waals surface area contributed by atoms with Crippen molar-refractivity contribution in [3.63, 3.8) is 0 Å². The smallest absolute Gasteiger partial charge is 0.221 e. The molecule has 0 radical (unpaired) electrons. The molecule has 3 rings (SSSR count). The summed E-state index contributed by atoms with van der Waals surface area (Å²) >= 11 is 1.60. The van der Waals surface area contributed by atoms with Crippen molar-refractivity contribution in [1.82, 2.24) is 19.5 Å². The Morgan fingerprint density at radius 3 is 3.06 bits per heavy atom. The predicted molar refractivity (Wildman–Crippen MR) is 68.7 cm³/mol. The molecule has 0 atom stereocenters. The number of nitrogens with zero attached hydrogens (tertiary/aromatic N) is 4. The number of fused-ring (bicyclic) bond motifs is 1. The Hall–Kier alpha value is -1.95. The van der Waals surface area contributed by atoms with Crippen LogP contribution in [0.25, 0.3) is 21.6 Å². The summed E-state index contributed by atoms with van der Waals surface area (Å²) < 4.78 is 3.04. The van der Waals surface area contributed by atoms with E-state index in [-0.39, 0.29) is 5.95 Å². The van der Waals surface area contributed by atoms with Gasteiger partial charge in [0.15, 0.2) is 0 Å². The van der Waals surface area contributed by atoms with Gasteiger partial charge < -0.3 is 10.3 Å². The van der Waals surface area contributed by atoms with Crippen molar-refractivity contribution in [2.75, 3.05) is 5.73 Å². The largest absolute Gasteiger partial charge is 0.368 e. The molecule has 3 heterocycles. The van der Waals surface area contributed by atoms with Crippen LogP contribution in [0.5, 0.6) is 0 Å². The highest BCUT2D eigenvalue weighted by molar-refractivity contribution is 7.17. The van der Waals surface area contributed by atoms with Gasteiger partial charge in [-0.15, -0.1) is 11.3 Å². The molecule has 86 valence electrons. The summed E-state index contributed by atoms with van der Waals surface area (Å²) in [4.78, 5) is 12.8. The zero-order valence-electron chi connectivity index (χ0n) is 9.29. The van der Waals surface area contributed by atoms with Crippen LogP contribution in [0.4, 0.5) is 5.95 Å². The lowest BCUT2D eigenvalue weighted by Crippen LogP contribution is -1.96. The Labute approximate surface area is 102 Å². The minimum Gasteiger partial charge on any atom is -0.368 e. The lowest BCUT2D eigenvalue weighted by atomic mass is 10.3. The first-order valence-corrected chi connectivity index (χ1v) is 6.18. The number of anilines is 1. The maximum Gasteiger partial charge on any atom is 0.221 e. The minimum absolute atomic E-state index is 0.289. The van der Waals surface area contributed by atoms with E-state index in [9.17, 15) is 0 Å². The van der Waals surface area contributed by atoms with Crippen molar-refractivity contribution < 1.29 is 0 Å². The topological polar surface area (TPSA) is 69.6 Å². The van der Waals surface area contributed by atoms with Gasteiger partial charge in [-0.3, -0.25) is 0 Å². The monoisotopic (exact) mass is 245 g/mol. The van der Waals surface area contributed by atoms with Crippen LogP contribution in [-0.4, -0.2) is 19.5 Å². The fraction of sp³-hybridized carbons (Fsp3) is 0.182. The van der Waals surface area contributed by atoms with E-state index in [1.807, 2.05) is 22.2 Å². The van der Waals surface area contributed by atoms with Crippen molar-refractivity contribution >= 4 is 27.5 Å². The fourth-order valence-electron chi connectivity index (χ4n) is 1.71. The molecule has 0 spiro atoms. The zero-order chi connectivity index (χ0) is 11.8. The number of rotatable bonds is 2. The predicted octanol–water partition coefficient (Wildman–Crippen LogP) is 2.16. The van der Waals surface area contributed by atoms with Crippen molar-refractivity contribution in [2.24, 2.45) is 0 Å². The first-order valence-electron chi connectivity index (χ1n) is 5.31. The number of aryl methyl sites for hydroxylation is 1. The summed E-state index contributed by atoms with van der Waals surface area (Å²) in [6.07, 6.45) is 3.77. The lowest BCUT2D eigenvalue weighted by Gasteiger charge is -1.99. The SMILES string of the molecule is CCn1cnc(-c2nc(N)nc3ccsc23)c1.